The van der Waals surface area contributed by atoms with Crippen LogP contribution in [0.3, 0.4) is 0 Å². The number of carbonyl (C=O) groups is 2. The largest absolute Gasteiger partial charge is 0.382 e. The van der Waals surface area contributed by atoms with Gasteiger partial charge in [0.05, 0.1) is 24.7 Å². The number of benzene rings is 1. The van der Waals surface area contributed by atoms with Crippen LogP contribution in [0.15, 0.2) is 35.2 Å². The summed E-state index contributed by atoms with van der Waals surface area (Å²) in [5, 5.41) is 2.70. The summed E-state index contributed by atoms with van der Waals surface area (Å²) < 4.78 is 36.7. The van der Waals surface area contributed by atoms with Crippen molar-refractivity contribution in [1.82, 2.24) is 14.5 Å². The predicted molar refractivity (Wildman–Crippen MR) is 107 cm³/mol. The summed E-state index contributed by atoms with van der Waals surface area (Å²) in [6, 6.07) is 8.26. The Morgan fingerprint density at radius 1 is 1.00 bits per heavy atom. The van der Waals surface area contributed by atoms with Crippen molar-refractivity contribution in [2.75, 3.05) is 59.7 Å². The molecule has 1 aromatic carbocycles. The fourth-order valence-electron chi connectivity index (χ4n) is 2.89. The first-order valence-corrected chi connectivity index (χ1v) is 11.1. The van der Waals surface area contributed by atoms with Crippen LogP contribution in [0.5, 0.6) is 0 Å². The molecule has 10 heteroatoms. The molecule has 0 unspecified atom stereocenters. The second-order valence-electron chi connectivity index (χ2n) is 6.55. The minimum Gasteiger partial charge on any atom is -0.382 e. The van der Waals surface area contributed by atoms with Gasteiger partial charge in [-0.15, -0.1) is 0 Å². The fraction of sp³-hybridized carbons (Fsp3) is 0.579. The van der Waals surface area contributed by atoms with Gasteiger partial charge in [0.25, 0.3) is 0 Å². The molecule has 2 amide bonds. The van der Waals surface area contributed by atoms with E-state index in [1.165, 1.54) is 4.31 Å². The molecule has 1 aromatic rings. The normalized spacial score (nSPS) is 15.3. The number of rotatable bonds is 11. The molecule has 0 aliphatic carbocycles. The number of carbonyl (C=O) groups excluding carboxylic acids is 2. The molecule has 0 spiro atoms. The zero-order chi connectivity index (χ0) is 21.1. The van der Waals surface area contributed by atoms with E-state index < -0.39 is 10.0 Å². The molecule has 0 bridgehead atoms. The van der Waals surface area contributed by atoms with Gasteiger partial charge in [0.1, 0.15) is 0 Å². The van der Waals surface area contributed by atoms with Crippen molar-refractivity contribution < 1.29 is 27.5 Å². The van der Waals surface area contributed by atoms with Gasteiger partial charge in [0.2, 0.25) is 21.8 Å². The highest BCUT2D eigenvalue weighted by atomic mass is 32.2. The minimum atomic E-state index is -3.54. The van der Waals surface area contributed by atoms with Crippen LogP contribution in [0.25, 0.3) is 0 Å². The molecule has 1 saturated heterocycles. The van der Waals surface area contributed by atoms with Crippen LogP contribution < -0.4 is 5.32 Å². The smallest absolute Gasteiger partial charge is 0.243 e. The molecule has 1 N–H and O–H groups in total. The summed E-state index contributed by atoms with van der Waals surface area (Å²) in [5.74, 6) is -0.354. The average Bonchev–Trinajstić information content (AvgIpc) is 2.75. The number of ether oxygens (including phenoxy) is 2. The first-order chi connectivity index (χ1) is 13.9. The lowest BCUT2D eigenvalue weighted by Crippen LogP contribution is -2.50. The predicted octanol–water partition coefficient (Wildman–Crippen LogP) is 0.0789. The highest BCUT2D eigenvalue weighted by Gasteiger charge is 2.29. The molecule has 1 heterocycles. The standard InChI is InChI=1S/C19H29N3O6S/c1-27-15-16-28-14-9-20-18(23)7-8-19(24)21-10-12-22(13-11-21)29(25,26)17-5-3-2-4-6-17/h2-6H,7-16H2,1H3,(H,20,23). The molecule has 1 aliphatic heterocycles. The van der Waals surface area contributed by atoms with E-state index in [2.05, 4.69) is 5.32 Å². The molecular formula is C19H29N3O6S. The van der Waals surface area contributed by atoms with E-state index in [4.69, 9.17) is 9.47 Å². The molecule has 0 aromatic heterocycles. The van der Waals surface area contributed by atoms with Crippen molar-refractivity contribution in [3.05, 3.63) is 30.3 Å². The molecule has 0 atom stereocenters. The molecule has 2 rings (SSSR count). The van der Waals surface area contributed by atoms with Crippen molar-refractivity contribution >= 4 is 21.8 Å². The van der Waals surface area contributed by atoms with E-state index in [0.717, 1.165) is 0 Å². The van der Waals surface area contributed by atoms with Crippen LogP contribution in [0.2, 0.25) is 0 Å². The van der Waals surface area contributed by atoms with Crippen molar-refractivity contribution in [2.24, 2.45) is 0 Å². The third kappa shape index (κ3) is 7.39. The lowest BCUT2D eigenvalue weighted by molar-refractivity contribution is -0.134. The molecule has 0 radical (unpaired) electrons. The lowest BCUT2D eigenvalue weighted by atomic mass is 10.2. The molecule has 1 aliphatic rings. The summed E-state index contributed by atoms with van der Waals surface area (Å²) in [7, 11) is -1.96. The molecule has 1 fully saturated rings. The minimum absolute atomic E-state index is 0.0967. The Morgan fingerprint density at radius 2 is 1.69 bits per heavy atom. The van der Waals surface area contributed by atoms with Crippen LogP contribution in [0, 0.1) is 0 Å². The van der Waals surface area contributed by atoms with Crippen LogP contribution in [-0.4, -0.2) is 89.1 Å². The lowest BCUT2D eigenvalue weighted by Gasteiger charge is -2.34. The average molecular weight is 428 g/mol. The zero-order valence-electron chi connectivity index (χ0n) is 16.7. The summed E-state index contributed by atoms with van der Waals surface area (Å²) >= 11 is 0. The molecule has 29 heavy (non-hydrogen) atoms. The number of piperazine rings is 1. The maximum atomic E-state index is 12.6. The number of amides is 2. The van der Waals surface area contributed by atoms with Crippen molar-refractivity contribution in [3.8, 4) is 0 Å². The fourth-order valence-corrected chi connectivity index (χ4v) is 4.34. The second-order valence-corrected chi connectivity index (χ2v) is 8.49. The molecule has 162 valence electrons. The number of hydrogen-bond acceptors (Lipinski definition) is 6. The zero-order valence-corrected chi connectivity index (χ0v) is 17.5. The van der Waals surface area contributed by atoms with Gasteiger partial charge in [-0.3, -0.25) is 9.59 Å². The van der Waals surface area contributed by atoms with E-state index in [0.29, 0.717) is 39.5 Å². The van der Waals surface area contributed by atoms with Crippen LogP contribution >= 0.6 is 0 Å². The van der Waals surface area contributed by atoms with Gasteiger partial charge in [-0.25, -0.2) is 8.42 Å². The highest BCUT2D eigenvalue weighted by Crippen LogP contribution is 2.17. The highest BCUT2D eigenvalue weighted by molar-refractivity contribution is 7.89. The Balaban J connectivity index is 1.67. The number of hydrogen-bond donors (Lipinski definition) is 1. The Kier molecular flexibility index (Phi) is 9.52. The van der Waals surface area contributed by atoms with Crippen molar-refractivity contribution in [2.45, 2.75) is 17.7 Å². The second kappa shape index (κ2) is 11.9. The van der Waals surface area contributed by atoms with E-state index in [1.807, 2.05) is 0 Å². The SMILES string of the molecule is COCCOCCNC(=O)CCC(=O)N1CCN(S(=O)(=O)c2ccccc2)CC1. The number of methoxy groups -OCH3 is 1. The number of sulfonamides is 1. The van der Waals surface area contributed by atoms with Gasteiger partial charge in [-0.05, 0) is 12.1 Å². The topological polar surface area (TPSA) is 105 Å². The Labute approximate surface area is 172 Å². The quantitative estimate of drug-likeness (QED) is 0.502. The number of nitrogens with zero attached hydrogens (tertiary/aromatic N) is 2. The van der Waals surface area contributed by atoms with Gasteiger partial charge < -0.3 is 19.7 Å². The van der Waals surface area contributed by atoms with Crippen molar-refractivity contribution in [1.29, 1.82) is 0 Å². The summed E-state index contributed by atoms with van der Waals surface area (Å²) in [6.07, 6.45) is 0.196. The summed E-state index contributed by atoms with van der Waals surface area (Å²) in [4.78, 5) is 26.0. The first-order valence-electron chi connectivity index (χ1n) is 9.61. The number of nitrogens with one attached hydrogen (secondary N) is 1. The van der Waals surface area contributed by atoms with Gasteiger partial charge in [0.15, 0.2) is 0 Å². The summed E-state index contributed by atoms with van der Waals surface area (Å²) in [6.45, 7) is 2.87. The monoisotopic (exact) mass is 427 g/mol. The van der Waals surface area contributed by atoms with E-state index >= 15 is 0 Å². The first kappa shape index (κ1) is 23.3. The molecular weight excluding hydrogens is 398 g/mol. The van der Waals surface area contributed by atoms with Gasteiger partial charge in [-0.2, -0.15) is 4.31 Å². The third-order valence-electron chi connectivity index (χ3n) is 4.54. The Hall–Kier alpha value is -2.01. The third-order valence-corrected chi connectivity index (χ3v) is 6.45. The van der Waals surface area contributed by atoms with Crippen molar-refractivity contribution in [3.63, 3.8) is 0 Å². The van der Waals surface area contributed by atoms with E-state index in [-0.39, 0.29) is 42.6 Å². The van der Waals surface area contributed by atoms with Crippen LogP contribution in [0.4, 0.5) is 0 Å². The summed E-state index contributed by atoms with van der Waals surface area (Å²) in [5.41, 5.74) is 0. The van der Waals surface area contributed by atoms with E-state index in [1.54, 1.807) is 42.3 Å². The van der Waals surface area contributed by atoms with Gasteiger partial charge in [-0.1, -0.05) is 18.2 Å². The Morgan fingerprint density at radius 3 is 2.34 bits per heavy atom. The van der Waals surface area contributed by atoms with E-state index in [9.17, 15) is 18.0 Å². The maximum Gasteiger partial charge on any atom is 0.243 e. The van der Waals surface area contributed by atoms with Crippen LogP contribution in [-0.2, 0) is 29.1 Å². The van der Waals surface area contributed by atoms with Gasteiger partial charge >= 0.3 is 0 Å². The van der Waals surface area contributed by atoms with Crippen LogP contribution in [0.1, 0.15) is 12.8 Å². The molecule has 9 nitrogen and oxygen atoms in total. The maximum absolute atomic E-state index is 12.6. The Bertz CT molecular complexity index is 748. The van der Waals surface area contributed by atoms with Gasteiger partial charge in [0, 0.05) is 52.7 Å². The molecule has 0 saturated carbocycles.